The lowest BCUT2D eigenvalue weighted by molar-refractivity contribution is 0.415. The Hall–Kier alpha value is -2.64. The Kier molecular flexibility index (Phi) is 4.05. The summed E-state index contributed by atoms with van der Waals surface area (Å²) in [6, 6.07) is 10.7. The Morgan fingerprint density at radius 2 is 1.81 bits per heavy atom. The van der Waals surface area contributed by atoms with Crippen LogP contribution in [0.15, 0.2) is 53.7 Å². The molecule has 0 amide bonds. The first kappa shape index (κ1) is 16.8. The van der Waals surface area contributed by atoms with Gasteiger partial charge in [0.25, 0.3) is 0 Å². The van der Waals surface area contributed by atoms with E-state index in [0.717, 1.165) is 42.1 Å². The van der Waals surface area contributed by atoms with E-state index < -0.39 is 10.0 Å². The van der Waals surface area contributed by atoms with Crippen LogP contribution in [0.5, 0.6) is 5.75 Å². The van der Waals surface area contributed by atoms with Gasteiger partial charge in [0, 0.05) is 18.1 Å². The minimum atomic E-state index is -3.71. The summed E-state index contributed by atoms with van der Waals surface area (Å²) >= 11 is 0. The highest BCUT2D eigenvalue weighted by atomic mass is 32.2. The average molecular weight is 369 g/mol. The van der Waals surface area contributed by atoms with Crippen LogP contribution in [0.3, 0.4) is 0 Å². The summed E-state index contributed by atoms with van der Waals surface area (Å²) in [6.45, 7) is 0. The van der Waals surface area contributed by atoms with Crippen molar-refractivity contribution < 1.29 is 13.2 Å². The summed E-state index contributed by atoms with van der Waals surface area (Å²) in [5, 5.41) is 5.17. The molecule has 0 unspecified atom stereocenters. The van der Waals surface area contributed by atoms with Crippen molar-refractivity contribution in [1.29, 1.82) is 0 Å². The van der Waals surface area contributed by atoms with E-state index >= 15 is 0 Å². The van der Waals surface area contributed by atoms with E-state index in [2.05, 4.69) is 17.1 Å². The highest BCUT2D eigenvalue weighted by Crippen LogP contribution is 2.36. The number of aromatic nitrogens is 2. The fraction of sp³-hybridized carbons (Fsp3) is 0.211. The van der Waals surface area contributed by atoms with Crippen LogP contribution in [0.2, 0.25) is 0 Å². The van der Waals surface area contributed by atoms with Crippen LogP contribution in [0.25, 0.3) is 17.1 Å². The van der Waals surface area contributed by atoms with Gasteiger partial charge in [0.1, 0.15) is 11.6 Å². The van der Waals surface area contributed by atoms with Crippen LogP contribution in [0.1, 0.15) is 17.5 Å². The normalized spacial score (nSPS) is 13.6. The van der Waals surface area contributed by atoms with Gasteiger partial charge in [0.15, 0.2) is 0 Å². The SMILES string of the molecule is COc1cc2c(cc1-c1nccn1-c1ccc(S(N)(=O)=O)cc1)CCC2. The lowest BCUT2D eigenvalue weighted by atomic mass is 10.0. The number of sulfonamides is 1. The summed E-state index contributed by atoms with van der Waals surface area (Å²) in [7, 11) is -2.05. The van der Waals surface area contributed by atoms with Crippen molar-refractivity contribution in [3.05, 3.63) is 59.9 Å². The van der Waals surface area contributed by atoms with Crippen molar-refractivity contribution in [3.63, 3.8) is 0 Å². The minimum absolute atomic E-state index is 0.0815. The van der Waals surface area contributed by atoms with Crippen LogP contribution in [-0.4, -0.2) is 25.1 Å². The second-order valence-corrected chi connectivity index (χ2v) is 7.90. The standard InChI is InChI=1S/C19H19N3O3S/c1-25-18-12-14-4-2-3-13(14)11-17(18)19-21-9-10-22(19)15-5-7-16(8-6-15)26(20,23)24/h5-12H,2-4H2,1H3,(H2,20,23,24). The predicted octanol–water partition coefficient (Wildman–Crippen LogP) is 2.68. The number of fused-ring (bicyclic) bond motifs is 1. The summed E-state index contributed by atoms with van der Waals surface area (Å²) in [6.07, 6.45) is 6.86. The molecule has 1 aromatic heterocycles. The molecule has 6 nitrogen and oxygen atoms in total. The largest absolute Gasteiger partial charge is 0.496 e. The molecule has 0 spiro atoms. The van der Waals surface area contributed by atoms with Crippen molar-refractivity contribution in [2.45, 2.75) is 24.2 Å². The molecule has 0 aliphatic heterocycles. The smallest absolute Gasteiger partial charge is 0.238 e. The van der Waals surface area contributed by atoms with Crippen molar-refractivity contribution >= 4 is 10.0 Å². The highest BCUT2D eigenvalue weighted by Gasteiger charge is 2.19. The first-order valence-electron chi connectivity index (χ1n) is 8.34. The summed E-state index contributed by atoms with van der Waals surface area (Å²) < 4.78 is 30.4. The average Bonchev–Trinajstić information content (AvgIpc) is 3.28. The number of imidazole rings is 1. The zero-order valence-corrected chi connectivity index (χ0v) is 15.2. The van der Waals surface area contributed by atoms with E-state index in [9.17, 15) is 8.42 Å². The number of aryl methyl sites for hydroxylation is 2. The molecular weight excluding hydrogens is 350 g/mol. The third kappa shape index (κ3) is 2.89. The Labute approximate surface area is 152 Å². The van der Waals surface area contributed by atoms with Gasteiger partial charge in [-0.05, 0) is 66.8 Å². The van der Waals surface area contributed by atoms with Gasteiger partial charge in [0.2, 0.25) is 10.0 Å². The zero-order chi connectivity index (χ0) is 18.3. The molecule has 0 saturated heterocycles. The van der Waals surface area contributed by atoms with Crippen LogP contribution in [-0.2, 0) is 22.9 Å². The van der Waals surface area contributed by atoms with Gasteiger partial charge < -0.3 is 4.74 Å². The first-order chi connectivity index (χ1) is 12.5. The Morgan fingerprint density at radius 3 is 2.46 bits per heavy atom. The number of primary sulfonamides is 1. The van der Waals surface area contributed by atoms with Gasteiger partial charge in [-0.1, -0.05) is 0 Å². The van der Waals surface area contributed by atoms with Crippen LogP contribution >= 0.6 is 0 Å². The van der Waals surface area contributed by atoms with Crippen molar-refractivity contribution in [3.8, 4) is 22.8 Å². The molecule has 1 aliphatic rings. The summed E-state index contributed by atoms with van der Waals surface area (Å²) in [5.41, 5.74) is 4.39. The number of ether oxygens (including phenoxy) is 1. The molecule has 26 heavy (non-hydrogen) atoms. The van der Waals surface area contributed by atoms with Crippen LogP contribution in [0, 0.1) is 0 Å². The predicted molar refractivity (Wildman–Crippen MR) is 99.0 cm³/mol. The maximum atomic E-state index is 11.5. The maximum absolute atomic E-state index is 11.5. The minimum Gasteiger partial charge on any atom is -0.496 e. The van der Waals surface area contributed by atoms with Gasteiger partial charge >= 0.3 is 0 Å². The molecule has 1 aliphatic carbocycles. The molecule has 0 bridgehead atoms. The number of nitrogens with two attached hydrogens (primary N) is 1. The van der Waals surface area contributed by atoms with Gasteiger partial charge in [-0.2, -0.15) is 0 Å². The fourth-order valence-electron chi connectivity index (χ4n) is 3.45. The molecule has 0 atom stereocenters. The first-order valence-corrected chi connectivity index (χ1v) is 9.89. The Morgan fingerprint density at radius 1 is 1.12 bits per heavy atom. The summed E-state index contributed by atoms with van der Waals surface area (Å²) in [4.78, 5) is 4.59. The topological polar surface area (TPSA) is 87.2 Å². The maximum Gasteiger partial charge on any atom is 0.238 e. The van der Waals surface area contributed by atoms with E-state index in [4.69, 9.17) is 9.88 Å². The highest BCUT2D eigenvalue weighted by molar-refractivity contribution is 7.89. The molecule has 0 radical (unpaired) electrons. The monoisotopic (exact) mass is 369 g/mol. The molecule has 7 heteroatoms. The Balaban J connectivity index is 1.81. The number of nitrogens with zero attached hydrogens (tertiary/aromatic N) is 2. The third-order valence-corrected chi connectivity index (χ3v) is 5.67. The van der Waals surface area contributed by atoms with Crippen molar-refractivity contribution in [1.82, 2.24) is 9.55 Å². The molecule has 3 aromatic rings. The van der Waals surface area contributed by atoms with Crippen molar-refractivity contribution in [2.75, 3.05) is 7.11 Å². The van der Waals surface area contributed by atoms with Gasteiger partial charge in [-0.25, -0.2) is 18.5 Å². The molecule has 4 rings (SSSR count). The van der Waals surface area contributed by atoms with E-state index in [1.54, 1.807) is 25.4 Å². The van der Waals surface area contributed by atoms with Gasteiger partial charge in [-0.3, -0.25) is 4.57 Å². The van der Waals surface area contributed by atoms with E-state index in [0.29, 0.717) is 0 Å². The molecule has 2 N–H and O–H groups in total. The lowest BCUT2D eigenvalue weighted by Gasteiger charge is -2.14. The Bertz CT molecular complexity index is 1070. The lowest BCUT2D eigenvalue weighted by Crippen LogP contribution is -2.12. The van der Waals surface area contributed by atoms with Crippen LogP contribution < -0.4 is 9.88 Å². The van der Waals surface area contributed by atoms with Crippen LogP contribution in [0.4, 0.5) is 0 Å². The molecule has 0 fully saturated rings. The second kappa shape index (κ2) is 6.26. The zero-order valence-electron chi connectivity index (χ0n) is 14.3. The van der Waals surface area contributed by atoms with Gasteiger partial charge in [-0.15, -0.1) is 0 Å². The number of benzene rings is 2. The van der Waals surface area contributed by atoms with E-state index in [-0.39, 0.29) is 4.90 Å². The molecule has 134 valence electrons. The molecule has 0 saturated carbocycles. The molecule has 2 aromatic carbocycles. The van der Waals surface area contributed by atoms with E-state index in [1.807, 2.05) is 10.8 Å². The number of hydrogen-bond acceptors (Lipinski definition) is 4. The summed E-state index contributed by atoms with van der Waals surface area (Å²) in [5.74, 6) is 1.54. The van der Waals surface area contributed by atoms with E-state index in [1.165, 1.54) is 23.3 Å². The number of rotatable bonds is 4. The van der Waals surface area contributed by atoms with Crippen molar-refractivity contribution in [2.24, 2.45) is 5.14 Å². The molecular formula is C19H19N3O3S. The van der Waals surface area contributed by atoms with Gasteiger partial charge in [0.05, 0.1) is 17.6 Å². The fourth-order valence-corrected chi connectivity index (χ4v) is 3.97. The number of methoxy groups -OCH3 is 1. The quantitative estimate of drug-likeness (QED) is 0.766. The third-order valence-electron chi connectivity index (χ3n) is 4.74. The second-order valence-electron chi connectivity index (χ2n) is 6.33. The molecule has 1 heterocycles. The number of hydrogen-bond donors (Lipinski definition) is 1.